The van der Waals surface area contributed by atoms with E-state index in [-0.39, 0.29) is 25.4 Å². The second-order valence-electron chi connectivity index (χ2n) is 10.7. The Labute approximate surface area is 293 Å². The average molecular weight is 706 g/mol. The molecule has 4 rings (SSSR count). The highest BCUT2D eigenvalue weighted by Gasteiger charge is 2.37. The quantitative estimate of drug-likeness (QED) is 0.0465. The molecule has 0 fully saturated rings. The largest absolute Gasteiger partial charge is 0.497 e. The summed E-state index contributed by atoms with van der Waals surface area (Å²) in [7, 11) is 4.11. The van der Waals surface area contributed by atoms with Crippen LogP contribution in [0.15, 0.2) is 78.9 Å². The molecule has 50 heavy (non-hydrogen) atoms. The minimum atomic E-state index is -3.64. The van der Waals surface area contributed by atoms with Crippen LogP contribution in [0.2, 0.25) is 0 Å². The topological polar surface area (TPSA) is 120 Å². The lowest BCUT2D eigenvalue weighted by Gasteiger charge is -2.28. The Morgan fingerprint density at radius 1 is 0.700 bits per heavy atom. The Morgan fingerprint density at radius 3 is 1.90 bits per heavy atom. The van der Waals surface area contributed by atoms with E-state index in [0.717, 1.165) is 11.1 Å². The van der Waals surface area contributed by atoms with Crippen molar-refractivity contribution in [3.63, 3.8) is 0 Å². The molecule has 0 amide bonds. The van der Waals surface area contributed by atoms with Gasteiger partial charge in [0, 0.05) is 5.69 Å². The number of carbonyl (C=O) groups excluding carboxylic acids is 1. The molecule has 0 aromatic heterocycles. The van der Waals surface area contributed by atoms with Crippen LogP contribution in [0.1, 0.15) is 41.9 Å². The maximum Gasteiger partial charge on any atom is 0.357 e. The number of carbonyl (C=O) groups is 1. The Bertz CT molecular complexity index is 1770. The molecule has 0 radical (unpaired) electrons. The first kappa shape index (κ1) is 37.9. The van der Waals surface area contributed by atoms with Gasteiger partial charge in [0.2, 0.25) is 5.75 Å². The molecule has 0 aliphatic heterocycles. The number of ether oxygens (including phenoxy) is 6. The molecule has 0 spiro atoms. The molecule has 11 nitrogen and oxygen atoms in total. The van der Waals surface area contributed by atoms with Gasteiger partial charge in [0.15, 0.2) is 28.8 Å². The number of anilines is 1. The number of nitrogens with one attached hydrogen (secondary N) is 1. The van der Waals surface area contributed by atoms with E-state index in [1.54, 1.807) is 90.8 Å². The number of hydrogen-bond donors (Lipinski definition) is 1. The van der Waals surface area contributed by atoms with Gasteiger partial charge in [-0.15, -0.1) is 0 Å². The molecule has 266 valence electrons. The predicted molar refractivity (Wildman–Crippen MR) is 194 cm³/mol. The van der Waals surface area contributed by atoms with Crippen molar-refractivity contribution in [2.24, 2.45) is 0 Å². The van der Waals surface area contributed by atoms with Crippen molar-refractivity contribution in [2.45, 2.75) is 26.1 Å². The summed E-state index contributed by atoms with van der Waals surface area (Å²) in [5, 5.41) is 3.31. The first-order valence-electron chi connectivity index (χ1n) is 16.0. The van der Waals surface area contributed by atoms with Gasteiger partial charge in [-0.1, -0.05) is 42.5 Å². The van der Waals surface area contributed by atoms with Crippen LogP contribution in [0, 0.1) is 0 Å². The molecule has 1 unspecified atom stereocenters. The Balaban J connectivity index is 1.49. The fraction of sp³-hybridized carbons (Fsp3) is 0.289. The van der Waals surface area contributed by atoms with Crippen LogP contribution in [0.4, 0.5) is 5.69 Å². The molecule has 0 aliphatic carbocycles. The fourth-order valence-corrected chi connectivity index (χ4v) is 7.10. The third-order valence-electron chi connectivity index (χ3n) is 7.52. The van der Waals surface area contributed by atoms with E-state index in [4.69, 9.17) is 37.5 Å². The second-order valence-corrected chi connectivity index (χ2v) is 12.9. The van der Waals surface area contributed by atoms with Gasteiger partial charge in [0.1, 0.15) is 5.75 Å². The monoisotopic (exact) mass is 705 g/mol. The summed E-state index contributed by atoms with van der Waals surface area (Å²) >= 11 is 0. The summed E-state index contributed by atoms with van der Waals surface area (Å²) in [4.78, 5) is 13.1. The number of benzene rings is 4. The van der Waals surface area contributed by atoms with E-state index in [0.29, 0.717) is 45.6 Å². The van der Waals surface area contributed by atoms with E-state index in [1.165, 1.54) is 7.11 Å². The SMILES string of the molecule is CCOP(=O)(OCC)C(Nc1ccc(CC(=O)Oc2cc(/C=C\c3cc(OC)c(OC)c(OC)c3)ccc2OC)cc1)c1cccc(OC)c1. The van der Waals surface area contributed by atoms with Crippen LogP contribution in [0.5, 0.6) is 34.5 Å². The summed E-state index contributed by atoms with van der Waals surface area (Å²) in [5.41, 5.74) is 3.65. The highest BCUT2D eigenvalue weighted by atomic mass is 31.2. The fourth-order valence-electron chi connectivity index (χ4n) is 5.17. The molecule has 12 heteroatoms. The van der Waals surface area contributed by atoms with Gasteiger partial charge in [-0.3, -0.25) is 9.36 Å². The van der Waals surface area contributed by atoms with E-state index in [2.05, 4.69) is 5.32 Å². The molecule has 0 bridgehead atoms. The maximum absolute atomic E-state index is 13.9. The Kier molecular flexibility index (Phi) is 13.7. The minimum absolute atomic E-state index is 0.00460. The number of rotatable bonds is 18. The maximum atomic E-state index is 13.9. The normalized spacial score (nSPS) is 11.9. The van der Waals surface area contributed by atoms with Gasteiger partial charge in [-0.25, -0.2) is 0 Å². The molecule has 4 aromatic rings. The van der Waals surface area contributed by atoms with Gasteiger partial charge >= 0.3 is 13.6 Å². The third kappa shape index (κ3) is 9.59. The predicted octanol–water partition coefficient (Wildman–Crippen LogP) is 8.42. The van der Waals surface area contributed by atoms with E-state index >= 15 is 0 Å². The molecule has 1 N–H and O–H groups in total. The number of esters is 1. The van der Waals surface area contributed by atoms with Crippen LogP contribution < -0.4 is 33.7 Å². The van der Waals surface area contributed by atoms with Crippen LogP contribution >= 0.6 is 7.60 Å². The van der Waals surface area contributed by atoms with Crippen LogP contribution in [0.3, 0.4) is 0 Å². The third-order valence-corrected chi connectivity index (χ3v) is 9.81. The zero-order chi connectivity index (χ0) is 36.1. The lowest BCUT2D eigenvalue weighted by atomic mass is 10.1. The zero-order valence-corrected chi connectivity index (χ0v) is 30.3. The Hall–Kier alpha value is -4.96. The molecular weight excluding hydrogens is 661 g/mol. The summed E-state index contributed by atoms with van der Waals surface area (Å²) in [5.74, 6) is 1.60. The van der Waals surface area contributed by atoms with Crippen LogP contribution in [0.25, 0.3) is 12.2 Å². The zero-order valence-electron chi connectivity index (χ0n) is 29.4. The van der Waals surface area contributed by atoms with E-state index < -0.39 is 19.3 Å². The molecule has 0 aliphatic rings. The van der Waals surface area contributed by atoms with Gasteiger partial charge < -0.3 is 42.8 Å². The summed E-state index contributed by atoms with van der Waals surface area (Å²) in [6.07, 6.45) is 3.76. The average Bonchev–Trinajstić information content (AvgIpc) is 3.13. The highest BCUT2D eigenvalue weighted by molar-refractivity contribution is 7.54. The number of hydrogen-bond acceptors (Lipinski definition) is 11. The van der Waals surface area contributed by atoms with Crippen molar-refractivity contribution in [1.29, 1.82) is 0 Å². The summed E-state index contributed by atoms with van der Waals surface area (Å²) in [6.45, 7) is 3.94. The second kappa shape index (κ2) is 18.2. The van der Waals surface area contributed by atoms with Crippen molar-refractivity contribution >= 4 is 31.4 Å². The van der Waals surface area contributed by atoms with Gasteiger partial charge in [0.05, 0.1) is 55.2 Å². The standard InChI is InChI=1S/C38H44NO10P/c1-8-47-50(41,48-9-2)38(29-11-10-12-31(25-29)42-3)39-30-18-15-27(16-19-30)24-36(40)49-33-21-26(17-20-32(33)43-4)13-14-28-22-34(44-5)37(46-7)35(23-28)45-6/h10-23,25,38-39H,8-9,24H2,1-7H3/b14-13-. The highest BCUT2D eigenvalue weighted by Crippen LogP contribution is 2.61. The summed E-state index contributed by atoms with van der Waals surface area (Å²) < 4.78 is 58.2. The van der Waals surface area contributed by atoms with E-state index in [9.17, 15) is 9.36 Å². The van der Waals surface area contributed by atoms with Gasteiger partial charge in [0.25, 0.3) is 0 Å². The van der Waals surface area contributed by atoms with Crippen molar-refractivity contribution in [3.05, 3.63) is 101 Å². The molecule has 4 aromatic carbocycles. The van der Waals surface area contributed by atoms with Crippen molar-refractivity contribution in [2.75, 3.05) is 54.1 Å². The van der Waals surface area contributed by atoms with Crippen molar-refractivity contribution in [3.8, 4) is 34.5 Å². The molecule has 1 atom stereocenters. The van der Waals surface area contributed by atoms with Crippen molar-refractivity contribution < 1.29 is 46.8 Å². The minimum Gasteiger partial charge on any atom is -0.497 e. The smallest absolute Gasteiger partial charge is 0.357 e. The van der Waals surface area contributed by atoms with Crippen molar-refractivity contribution in [1.82, 2.24) is 0 Å². The summed E-state index contributed by atoms with van der Waals surface area (Å²) in [6, 6.07) is 23.4. The lowest BCUT2D eigenvalue weighted by molar-refractivity contribution is -0.133. The number of methoxy groups -OCH3 is 5. The Morgan fingerprint density at radius 2 is 1.32 bits per heavy atom. The lowest BCUT2D eigenvalue weighted by Crippen LogP contribution is -2.15. The van der Waals surface area contributed by atoms with Gasteiger partial charge in [-0.05, 0) is 84.6 Å². The van der Waals surface area contributed by atoms with Crippen LogP contribution in [-0.4, -0.2) is 54.7 Å². The van der Waals surface area contributed by atoms with Crippen LogP contribution in [-0.2, 0) is 24.8 Å². The van der Waals surface area contributed by atoms with E-state index in [1.807, 2.05) is 42.5 Å². The first-order chi connectivity index (χ1) is 24.2. The van der Waals surface area contributed by atoms with Gasteiger partial charge in [-0.2, -0.15) is 0 Å². The molecule has 0 saturated heterocycles. The molecule has 0 heterocycles. The molecule has 0 saturated carbocycles. The first-order valence-corrected chi connectivity index (χ1v) is 17.6. The molecular formula is C38H44NO10P.